The van der Waals surface area contributed by atoms with Gasteiger partial charge in [-0.3, -0.25) is 0 Å². The van der Waals surface area contributed by atoms with Crippen molar-refractivity contribution in [1.29, 1.82) is 0 Å². The van der Waals surface area contributed by atoms with E-state index in [1.807, 2.05) is 18.2 Å². The summed E-state index contributed by atoms with van der Waals surface area (Å²) in [6, 6.07) is 8.00. The predicted octanol–water partition coefficient (Wildman–Crippen LogP) is 2.97. The van der Waals surface area contributed by atoms with Crippen molar-refractivity contribution in [3.63, 3.8) is 0 Å². The summed E-state index contributed by atoms with van der Waals surface area (Å²) in [7, 11) is 2.39. The standard InChI is InChI=1S/C18H29BClNO3/c1-3-9-18(24-12-11-22,15-6-4-8-17(20)13-15)16-7-5-10-21(14-16)19-23-2/h4,6,8,13,16,19,22H,3,5,7,9-12,14H2,1-2H3/t16-,18+/m1/s1. The van der Waals surface area contributed by atoms with Crippen molar-refractivity contribution in [2.75, 3.05) is 33.4 Å². The van der Waals surface area contributed by atoms with E-state index in [0.29, 0.717) is 20.1 Å². The lowest BCUT2D eigenvalue weighted by Gasteiger charge is -2.45. The van der Waals surface area contributed by atoms with Gasteiger partial charge in [-0.2, -0.15) is 0 Å². The molecule has 1 fully saturated rings. The maximum Gasteiger partial charge on any atom is 0.363 e. The summed E-state index contributed by atoms with van der Waals surface area (Å²) in [6.07, 6.45) is 4.16. The Balaban J connectivity index is 2.36. The molecule has 4 nitrogen and oxygen atoms in total. The third-order valence-corrected chi connectivity index (χ3v) is 5.10. The van der Waals surface area contributed by atoms with Crippen LogP contribution in [0, 0.1) is 5.92 Å². The van der Waals surface area contributed by atoms with Crippen LogP contribution in [0.5, 0.6) is 0 Å². The first-order valence-corrected chi connectivity index (χ1v) is 9.26. The van der Waals surface area contributed by atoms with Crippen LogP contribution in [0.15, 0.2) is 24.3 Å². The Morgan fingerprint density at radius 2 is 2.29 bits per heavy atom. The van der Waals surface area contributed by atoms with E-state index in [0.717, 1.165) is 49.4 Å². The summed E-state index contributed by atoms with van der Waals surface area (Å²) in [5.41, 5.74) is 0.712. The normalized spacial score (nSPS) is 21.4. The van der Waals surface area contributed by atoms with Gasteiger partial charge in [0.2, 0.25) is 0 Å². The molecule has 24 heavy (non-hydrogen) atoms. The van der Waals surface area contributed by atoms with Crippen LogP contribution in [-0.4, -0.2) is 50.9 Å². The van der Waals surface area contributed by atoms with E-state index in [4.69, 9.17) is 21.0 Å². The van der Waals surface area contributed by atoms with Gasteiger partial charge < -0.3 is 19.3 Å². The maximum absolute atomic E-state index is 9.35. The molecule has 0 unspecified atom stereocenters. The highest BCUT2D eigenvalue weighted by molar-refractivity contribution is 6.30. The van der Waals surface area contributed by atoms with E-state index >= 15 is 0 Å². The van der Waals surface area contributed by atoms with Crippen molar-refractivity contribution < 1.29 is 14.5 Å². The monoisotopic (exact) mass is 353 g/mol. The fourth-order valence-electron chi connectivity index (χ4n) is 3.94. The topological polar surface area (TPSA) is 41.9 Å². The van der Waals surface area contributed by atoms with Crippen molar-refractivity contribution >= 4 is 19.2 Å². The summed E-state index contributed by atoms with van der Waals surface area (Å²) < 4.78 is 11.7. The highest BCUT2D eigenvalue weighted by Gasteiger charge is 2.42. The van der Waals surface area contributed by atoms with Gasteiger partial charge in [0.1, 0.15) is 0 Å². The number of ether oxygens (including phenoxy) is 1. The van der Waals surface area contributed by atoms with Crippen LogP contribution in [0.3, 0.4) is 0 Å². The number of piperidine rings is 1. The van der Waals surface area contributed by atoms with E-state index in [1.165, 1.54) is 0 Å². The molecule has 2 rings (SSSR count). The van der Waals surface area contributed by atoms with Gasteiger partial charge in [0.15, 0.2) is 0 Å². The van der Waals surface area contributed by atoms with E-state index in [1.54, 1.807) is 7.11 Å². The molecule has 134 valence electrons. The molecule has 0 saturated carbocycles. The maximum atomic E-state index is 9.35. The second kappa shape index (κ2) is 9.78. The van der Waals surface area contributed by atoms with Crippen LogP contribution < -0.4 is 0 Å². The van der Waals surface area contributed by atoms with E-state index < -0.39 is 5.60 Å². The molecule has 0 amide bonds. The fraction of sp³-hybridized carbons (Fsp3) is 0.667. The molecule has 0 spiro atoms. The average Bonchev–Trinajstić information content (AvgIpc) is 2.59. The molecule has 0 aromatic heterocycles. The predicted molar refractivity (Wildman–Crippen MR) is 99.5 cm³/mol. The Morgan fingerprint density at radius 3 is 2.96 bits per heavy atom. The van der Waals surface area contributed by atoms with Gasteiger partial charge in [0.05, 0.1) is 18.8 Å². The molecular formula is C18H29BClNO3. The first-order chi connectivity index (χ1) is 11.7. The first-order valence-electron chi connectivity index (χ1n) is 8.88. The van der Waals surface area contributed by atoms with Gasteiger partial charge in [0, 0.05) is 18.1 Å². The number of hydrogen-bond donors (Lipinski definition) is 1. The third kappa shape index (κ3) is 4.74. The molecule has 1 aromatic rings. The van der Waals surface area contributed by atoms with Crippen LogP contribution in [0.4, 0.5) is 0 Å². The number of nitrogens with zero attached hydrogens (tertiary/aromatic N) is 1. The van der Waals surface area contributed by atoms with Gasteiger partial charge in [-0.15, -0.1) is 0 Å². The fourth-order valence-corrected chi connectivity index (χ4v) is 4.13. The van der Waals surface area contributed by atoms with Gasteiger partial charge in [-0.1, -0.05) is 37.1 Å². The van der Waals surface area contributed by atoms with E-state index in [9.17, 15) is 5.11 Å². The zero-order valence-electron chi connectivity index (χ0n) is 14.8. The summed E-state index contributed by atoms with van der Waals surface area (Å²) in [5, 5.41) is 10.1. The summed E-state index contributed by atoms with van der Waals surface area (Å²) in [4.78, 5) is 2.34. The van der Waals surface area contributed by atoms with Gasteiger partial charge in [-0.25, -0.2) is 0 Å². The number of halogens is 1. The van der Waals surface area contributed by atoms with Gasteiger partial charge in [-0.05, 0) is 50.0 Å². The van der Waals surface area contributed by atoms with Crippen LogP contribution in [0.25, 0.3) is 0 Å². The molecule has 0 bridgehead atoms. The SMILES string of the molecule is CCC[C@](OCCO)(c1cccc(Cl)c1)[C@@H]1CCCN(BOC)C1. The molecular weight excluding hydrogens is 324 g/mol. The first kappa shape index (κ1) is 19.7. The minimum atomic E-state index is -0.408. The summed E-state index contributed by atoms with van der Waals surface area (Å²) in [6.45, 7) is 4.54. The molecule has 2 atom stereocenters. The van der Waals surface area contributed by atoms with Gasteiger partial charge >= 0.3 is 7.62 Å². The Labute approximate surface area is 151 Å². The molecule has 1 N–H and O–H groups in total. The Hall–Kier alpha value is -0.585. The van der Waals surface area contributed by atoms with Crippen LogP contribution in [-0.2, 0) is 15.0 Å². The summed E-state index contributed by atoms with van der Waals surface area (Å²) >= 11 is 6.27. The lowest BCUT2D eigenvalue weighted by Crippen LogP contribution is -2.49. The highest BCUT2D eigenvalue weighted by atomic mass is 35.5. The van der Waals surface area contributed by atoms with E-state index in [2.05, 4.69) is 17.8 Å². The minimum absolute atomic E-state index is 0.0283. The molecule has 1 aliphatic heterocycles. The zero-order valence-corrected chi connectivity index (χ0v) is 15.6. The third-order valence-electron chi connectivity index (χ3n) is 4.86. The van der Waals surface area contributed by atoms with Crippen molar-refractivity contribution in [3.05, 3.63) is 34.9 Å². The summed E-state index contributed by atoms with van der Waals surface area (Å²) in [5.74, 6) is 0.353. The van der Waals surface area contributed by atoms with Crippen molar-refractivity contribution in [3.8, 4) is 0 Å². The number of aliphatic hydroxyl groups excluding tert-OH is 1. The second-order valence-electron chi connectivity index (χ2n) is 6.56. The Morgan fingerprint density at radius 1 is 1.46 bits per heavy atom. The van der Waals surface area contributed by atoms with Crippen LogP contribution >= 0.6 is 11.6 Å². The number of hydrogen-bond acceptors (Lipinski definition) is 4. The minimum Gasteiger partial charge on any atom is -0.427 e. The smallest absolute Gasteiger partial charge is 0.363 e. The molecule has 0 aliphatic carbocycles. The number of rotatable bonds is 9. The Kier molecular flexibility index (Phi) is 8.05. The van der Waals surface area contributed by atoms with E-state index in [-0.39, 0.29) is 6.61 Å². The van der Waals surface area contributed by atoms with Crippen molar-refractivity contribution in [2.24, 2.45) is 5.92 Å². The molecule has 1 aromatic carbocycles. The molecule has 0 radical (unpaired) electrons. The zero-order chi connectivity index (χ0) is 17.4. The van der Waals surface area contributed by atoms with Crippen molar-refractivity contribution in [1.82, 2.24) is 4.81 Å². The average molecular weight is 354 g/mol. The second-order valence-corrected chi connectivity index (χ2v) is 6.99. The highest BCUT2D eigenvalue weighted by Crippen LogP contribution is 2.43. The largest absolute Gasteiger partial charge is 0.427 e. The lowest BCUT2D eigenvalue weighted by atomic mass is 9.73. The van der Waals surface area contributed by atoms with Crippen LogP contribution in [0.2, 0.25) is 5.02 Å². The van der Waals surface area contributed by atoms with Gasteiger partial charge in [0.25, 0.3) is 0 Å². The lowest BCUT2D eigenvalue weighted by molar-refractivity contribution is -0.119. The molecule has 1 heterocycles. The molecule has 6 heteroatoms. The Bertz CT molecular complexity index is 503. The van der Waals surface area contributed by atoms with Crippen LogP contribution in [0.1, 0.15) is 38.2 Å². The number of benzene rings is 1. The number of aliphatic hydroxyl groups is 1. The van der Waals surface area contributed by atoms with Crippen molar-refractivity contribution in [2.45, 2.75) is 38.2 Å². The molecule has 1 aliphatic rings. The molecule has 1 saturated heterocycles. The quantitative estimate of drug-likeness (QED) is 0.693.